The summed E-state index contributed by atoms with van der Waals surface area (Å²) >= 11 is 12.5. The third kappa shape index (κ3) is 3.06. The summed E-state index contributed by atoms with van der Waals surface area (Å²) in [6.45, 7) is 0.906. The summed E-state index contributed by atoms with van der Waals surface area (Å²) in [6.07, 6.45) is 0. The first-order valence-electron chi connectivity index (χ1n) is 5.83. The molecule has 112 valence electrons. The van der Waals surface area contributed by atoms with Gasteiger partial charge in [-0.25, -0.2) is 8.42 Å². The molecule has 1 aliphatic rings. The number of thiophene rings is 1. The van der Waals surface area contributed by atoms with Crippen LogP contribution in [-0.2, 0) is 10.0 Å². The van der Waals surface area contributed by atoms with Gasteiger partial charge in [-0.3, -0.25) is 4.72 Å². The number of rotatable bonds is 3. The molecular formula is C12H9Cl2NO4S2. The SMILES string of the molecule is O=S(=O)(Nc1ccc2c(c1)OCCO2)c1cc(Cl)c(Cl)s1. The van der Waals surface area contributed by atoms with Crippen molar-refractivity contribution in [3.8, 4) is 11.5 Å². The van der Waals surface area contributed by atoms with Crippen molar-refractivity contribution in [3.63, 3.8) is 0 Å². The van der Waals surface area contributed by atoms with Gasteiger partial charge in [0.15, 0.2) is 11.5 Å². The average Bonchev–Trinajstić information content (AvgIpc) is 2.79. The summed E-state index contributed by atoms with van der Waals surface area (Å²) in [5.74, 6) is 1.09. The molecule has 0 unspecified atom stereocenters. The van der Waals surface area contributed by atoms with E-state index in [0.717, 1.165) is 11.3 Å². The number of ether oxygens (including phenoxy) is 2. The van der Waals surface area contributed by atoms with E-state index < -0.39 is 10.0 Å². The lowest BCUT2D eigenvalue weighted by molar-refractivity contribution is 0.171. The van der Waals surface area contributed by atoms with Crippen LogP contribution in [0.15, 0.2) is 28.5 Å². The maximum atomic E-state index is 12.2. The van der Waals surface area contributed by atoms with Gasteiger partial charge in [0.05, 0.1) is 10.7 Å². The third-order valence-corrected chi connectivity index (χ3v) is 6.40. The highest BCUT2D eigenvalue weighted by Crippen LogP contribution is 2.36. The smallest absolute Gasteiger partial charge is 0.271 e. The summed E-state index contributed by atoms with van der Waals surface area (Å²) in [4.78, 5) is 0. The van der Waals surface area contributed by atoms with Crippen molar-refractivity contribution in [1.29, 1.82) is 0 Å². The molecule has 21 heavy (non-hydrogen) atoms. The summed E-state index contributed by atoms with van der Waals surface area (Å²) in [6, 6.07) is 6.14. The molecule has 9 heteroatoms. The van der Waals surface area contributed by atoms with E-state index in [4.69, 9.17) is 32.7 Å². The molecule has 0 saturated carbocycles. The number of halogens is 2. The minimum absolute atomic E-state index is 0.0485. The Morgan fingerprint density at radius 3 is 2.48 bits per heavy atom. The van der Waals surface area contributed by atoms with Gasteiger partial charge in [-0.05, 0) is 18.2 Å². The molecule has 1 aromatic carbocycles. The minimum atomic E-state index is -3.74. The summed E-state index contributed by atoms with van der Waals surface area (Å²) in [5, 5.41) is 0.212. The van der Waals surface area contributed by atoms with Crippen LogP contribution in [0, 0.1) is 0 Å². The maximum absolute atomic E-state index is 12.2. The first-order chi connectivity index (χ1) is 9.95. The summed E-state index contributed by atoms with van der Waals surface area (Å²) < 4.78 is 38.0. The Kier molecular flexibility index (Phi) is 3.92. The zero-order valence-electron chi connectivity index (χ0n) is 10.4. The Morgan fingerprint density at radius 2 is 1.81 bits per heavy atom. The van der Waals surface area contributed by atoms with Crippen molar-refractivity contribution in [3.05, 3.63) is 33.6 Å². The standard InChI is InChI=1S/C12H9Cl2NO4S2/c13-8-6-11(20-12(8)14)21(16,17)15-7-1-2-9-10(5-7)19-4-3-18-9/h1-2,5-6,15H,3-4H2. The van der Waals surface area contributed by atoms with Gasteiger partial charge in [0.2, 0.25) is 0 Å². The molecule has 0 amide bonds. The van der Waals surface area contributed by atoms with Gasteiger partial charge in [0.1, 0.15) is 21.8 Å². The highest BCUT2D eigenvalue weighted by atomic mass is 35.5. The Balaban J connectivity index is 1.88. The van der Waals surface area contributed by atoms with Gasteiger partial charge < -0.3 is 9.47 Å². The van der Waals surface area contributed by atoms with Crippen LogP contribution in [0.25, 0.3) is 0 Å². The van der Waals surface area contributed by atoms with Gasteiger partial charge >= 0.3 is 0 Å². The van der Waals surface area contributed by atoms with Crippen LogP contribution >= 0.6 is 34.5 Å². The quantitative estimate of drug-likeness (QED) is 0.901. The molecule has 5 nitrogen and oxygen atoms in total. The van der Waals surface area contributed by atoms with Gasteiger partial charge in [-0.2, -0.15) is 0 Å². The fraction of sp³-hybridized carbons (Fsp3) is 0.167. The topological polar surface area (TPSA) is 64.6 Å². The molecule has 1 N–H and O–H groups in total. The highest BCUT2D eigenvalue weighted by molar-refractivity contribution is 7.94. The number of hydrogen-bond donors (Lipinski definition) is 1. The molecule has 0 atom stereocenters. The molecular weight excluding hydrogens is 357 g/mol. The van der Waals surface area contributed by atoms with Crippen molar-refractivity contribution in [1.82, 2.24) is 0 Å². The molecule has 0 spiro atoms. The van der Waals surface area contributed by atoms with Gasteiger partial charge in [-0.1, -0.05) is 23.2 Å². The predicted octanol–water partition coefficient (Wildman–Crippen LogP) is 3.63. The van der Waals surface area contributed by atoms with Gasteiger partial charge in [0.25, 0.3) is 10.0 Å². The Labute approximate surface area is 135 Å². The van der Waals surface area contributed by atoms with Crippen LogP contribution in [0.4, 0.5) is 5.69 Å². The molecule has 0 fully saturated rings. The fourth-order valence-corrected chi connectivity index (χ4v) is 4.70. The normalized spacial score (nSPS) is 14.0. The van der Waals surface area contributed by atoms with E-state index in [0.29, 0.717) is 30.4 Å². The first-order valence-corrected chi connectivity index (χ1v) is 8.88. The van der Waals surface area contributed by atoms with E-state index in [2.05, 4.69) is 4.72 Å². The molecule has 2 aromatic rings. The molecule has 0 bridgehead atoms. The van der Waals surface area contributed by atoms with Crippen LogP contribution in [0.3, 0.4) is 0 Å². The summed E-state index contributed by atoms with van der Waals surface area (Å²) in [7, 11) is -3.74. The second kappa shape index (κ2) is 5.57. The molecule has 1 aliphatic heterocycles. The van der Waals surface area contributed by atoms with E-state index in [9.17, 15) is 8.42 Å². The van der Waals surface area contributed by atoms with Gasteiger partial charge in [0, 0.05) is 6.07 Å². The number of anilines is 1. The van der Waals surface area contributed by atoms with Crippen LogP contribution in [0.1, 0.15) is 0 Å². The molecule has 2 heterocycles. The molecule has 1 aromatic heterocycles. The third-order valence-electron chi connectivity index (χ3n) is 2.68. The monoisotopic (exact) mass is 365 g/mol. The lowest BCUT2D eigenvalue weighted by atomic mass is 10.3. The van der Waals surface area contributed by atoms with E-state index in [-0.39, 0.29) is 13.6 Å². The maximum Gasteiger partial charge on any atom is 0.271 e. The molecule has 3 rings (SSSR count). The second-order valence-electron chi connectivity index (χ2n) is 4.15. The number of hydrogen-bond acceptors (Lipinski definition) is 5. The van der Waals surface area contributed by atoms with Crippen molar-refractivity contribution < 1.29 is 17.9 Å². The number of sulfonamides is 1. The van der Waals surface area contributed by atoms with E-state index in [1.54, 1.807) is 18.2 Å². The highest BCUT2D eigenvalue weighted by Gasteiger charge is 2.20. The van der Waals surface area contributed by atoms with Crippen LogP contribution < -0.4 is 14.2 Å². The van der Waals surface area contributed by atoms with Crippen molar-refractivity contribution in [2.75, 3.05) is 17.9 Å². The van der Waals surface area contributed by atoms with Crippen LogP contribution in [0.5, 0.6) is 11.5 Å². The van der Waals surface area contributed by atoms with E-state index in [1.807, 2.05) is 0 Å². The minimum Gasteiger partial charge on any atom is -0.486 e. The van der Waals surface area contributed by atoms with Crippen molar-refractivity contribution >= 4 is 50.2 Å². The predicted molar refractivity (Wildman–Crippen MR) is 82.6 cm³/mol. The van der Waals surface area contributed by atoms with E-state index >= 15 is 0 Å². The second-order valence-corrected chi connectivity index (χ2v) is 8.12. The van der Waals surface area contributed by atoms with Crippen molar-refractivity contribution in [2.24, 2.45) is 0 Å². The largest absolute Gasteiger partial charge is 0.486 e. The average molecular weight is 366 g/mol. The number of benzene rings is 1. The van der Waals surface area contributed by atoms with Gasteiger partial charge in [-0.15, -0.1) is 11.3 Å². The van der Waals surface area contributed by atoms with Crippen molar-refractivity contribution in [2.45, 2.75) is 4.21 Å². The van der Waals surface area contributed by atoms with Crippen LogP contribution in [-0.4, -0.2) is 21.6 Å². The number of nitrogens with one attached hydrogen (secondary N) is 1. The lowest BCUT2D eigenvalue weighted by Gasteiger charge is -2.19. The lowest BCUT2D eigenvalue weighted by Crippen LogP contribution is -2.16. The Bertz CT molecular complexity index is 769. The molecule has 0 radical (unpaired) electrons. The number of fused-ring (bicyclic) bond motifs is 1. The Hall–Kier alpha value is -1.15. The van der Waals surface area contributed by atoms with Crippen LogP contribution in [0.2, 0.25) is 9.36 Å². The Morgan fingerprint density at radius 1 is 1.10 bits per heavy atom. The first kappa shape index (κ1) is 14.8. The van der Waals surface area contributed by atoms with E-state index in [1.165, 1.54) is 6.07 Å². The zero-order valence-corrected chi connectivity index (χ0v) is 13.6. The molecule has 0 saturated heterocycles. The molecule has 0 aliphatic carbocycles. The zero-order chi connectivity index (χ0) is 15.0. The fourth-order valence-electron chi connectivity index (χ4n) is 1.77. The summed E-state index contributed by atoms with van der Waals surface area (Å²) in [5.41, 5.74) is 0.375.